The van der Waals surface area contributed by atoms with Gasteiger partial charge in [-0.05, 0) is 84.6 Å². The van der Waals surface area contributed by atoms with Crippen molar-refractivity contribution in [1.82, 2.24) is 4.98 Å². The largest absolute Gasteiger partial charge is 0.453 e. The molecule has 37 heavy (non-hydrogen) atoms. The number of rotatable bonds is 3. The van der Waals surface area contributed by atoms with Gasteiger partial charge in [-0.15, -0.1) is 11.3 Å². The number of benzene rings is 4. The highest BCUT2D eigenvalue weighted by Gasteiger charge is 2.28. The fourth-order valence-corrected chi connectivity index (χ4v) is 5.78. The van der Waals surface area contributed by atoms with Crippen molar-refractivity contribution in [2.75, 3.05) is 4.90 Å². The highest BCUT2D eigenvalue weighted by Crippen LogP contribution is 2.52. The molecule has 6 aromatic rings. The molecule has 4 aromatic carbocycles. The minimum Gasteiger partial charge on any atom is -0.453 e. The zero-order chi connectivity index (χ0) is 24.9. The Morgan fingerprint density at radius 1 is 0.757 bits per heavy atom. The van der Waals surface area contributed by atoms with Crippen molar-refractivity contribution < 1.29 is 9.13 Å². The lowest BCUT2D eigenvalue weighted by atomic mass is 9.97. The van der Waals surface area contributed by atoms with Crippen LogP contribution in [0, 0.1) is 12.7 Å². The first kappa shape index (κ1) is 21.8. The average molecular weight is 501 g/mol. The Bertz CT molecular complexity index is 1730. The van der Waals surface area contributed by atoms with Gasteiger partial charge in [0.15, 0.2) is 11.5 Å². The lowest BCUT2D eigenvalue weighted by molar-refractivity contribution is 0.477. The summed E-state index contributed by atoms with van der Waals surface area (Å²) in [6.07, 6.45) is 0. The Morgan fingerprint density at radius 2 is 1.46 bits per heavy atom. The normalized spacial score (nSPS) is 12.2. The van der Waals surface area contributed by atoms with E-state index in [2.05, 4.69) is 59.7 Å². The number of para-hydroxylation sites is 4. The minimum atomic E-state index is -0.263. The lowest BCUT2D eigenvalue weighted by Gasteiger charge is -2.33. The van der Waals surface area contributed by atoms with E-state index in [1.807, 2.05) is 36.4 Å². The molecule has 0 radical (unpaired) electrons. The molecule has 0 N–H and O–H groups in total. The highest BCUT2D eigenvalue weighted by atomic mass is 32.1. The minimum absolute atomic E-state index is 0.263. The van der Waals surface area contributed by atoms with Crippen molar-refractivity contribution in [3.05, 3.63) is 120 Å². The lowest BCUT2D eigenvalue weighted by Crippen LogP contribution is -2.16. The van der Waals surface area contributed by atoms with Gasteiger partial charge in [-0.2, -0.15) is 0 Å². The van der Waals surface area contributed by atoms with Crippen LogP contribution in [0.4, 0.5) is 21.5 Å². The SMILES string of the molecule is Cc1ccc(N2c3ccccc3Oc3ccccc32)c2nc(-c3ccc(F)cc3)cc(-c3cccs3)c12. The van der Waals surface area contributed by atoms with Crippen LogP contribution < -0.4 is 9.64 Å². The van der Waals surface area contributed by atoms with Crippen molar-refractivity contribution in [3.8, 4) is 33.2 Å². The predicted molar refractivity (Wildman–Crippen MR) is 150 cm³/mol. The molecule has 178 valence electrons. The third-order valence-corrected chi connectivity index (χ3v) is 7.65. The Labute approximate surface area is 218 Å². The molecule has 1 aliphatic rings. The third kappa shape index (κ3) is 3.59. The molecule has 0 saturated carbocycles. The van der Waals surface area contributed by atoms with Crippen LogP contribution in [0.1, 0.15) is 5.56 Å². The second kappa shape index (κ2) is 8.57. The standard InChI is InChI=1S/C32H21FN2OS/c1-20-12-17-27(35-25-7-2-4-9-28(25)36-29-10-5-3-8-26(29)35)32-31(20)23(30-11-6-18-37-30)19-24(34-32)21-13-15-22(33)16-14-21/h2-19H,1H3. The maximum absolute atomic E-state index is 13.8. The van der Waals surface area contributed by atoms with Crippen LogP contribution >= 0.6 is 11.3 Å². The molecule has 7 rings (SSSR count). The maximum atomic E-state index is 13.8. The number of nitrogens with zero attached hydrogens (tertiary/aromatic N) is 2. The smallest absolute Gasteiger partial charge is 0.151 e. The molecule has 0 unspecified atom stereocenters. The topological polar surface area (TPSA) is 25.4 Å². The van der Waals surface area contributed by atoms with Crippen LogP contribution in [-0.2, 0) is 0 Å². The molecule has 0 bridgehead atoms. The molecule has 5 heteroatoms. The number of pyridine rings is 1. The molecule has 0 aliphatic carbocycles. The van der Waals surface area contributed by atoms with Gasteiger partial charge in [0.1, 0.15) is 5.82 Å². The van der Waals surface area contributed by atoms with Gasteiger partial charge in [0.2, 0.25) is 0 Å². The molecule has 2 aromatic heterocycles. The summed E-state index contributed by atoms with van der Waals surface area (Å²) in [7, 11) is 0. The molecule has 0 atom stereocenters. The first-order valence-electron chi connectivity index (χ1n) is 12.1. The van der Waals surface area contributed by atoms with E-state index in [1.165, 1.54) is 17.0 Å². The number of thiophene rings is 1. The van der Waals surface area contributed by atoms with Gasteiger partial charge >= 0.3 is 0 Å². The number of aromatic nitrogens is 1. The molecule has 3 nitrogen and oxygen atoms in total. The number of halogens is 1. The van der Waals surface area contributed by atoms with Crippen molar-refractivity contribution in [2.24, 2.45) is 0 Å². The van der Waals surface area contributed by atoms with E-state index in [0.717, 1.165) is 61.8 Å². The van der Waals surface area contributed by atoms with Gasteiger partial charge in [-0.1, -0.05) is 36.4 Å². The second-order valence-electron chi connectivity index (χ2n) is 9.04. The summed E-state index contributed by atoms with van der Waals surface area (Å²) in [5.41, 5.74) is 7.70. The van der Waals surface area contributed by atoms with Gasteiger partial charge in [0.25, 0.3) is 0 Å². The number of hydrogen-bond acceptors (Lipinski definition) is 4. The van der Waals surface area contributed by atoms with Crippen molar-refractivity contribution in [2.45, 2.75) is 6.92 Å². The van der Waals surface area contributed by atoms with Gasteiger partial charge in [0.05, 0.1) is 28.3 Å². The summed E-state index contributed by atoms with van der Waals surface area (Å²) in [4.78, 5) is 8.62. The molecular formula is C32H21FN2OS. The van der Waals surface area contributed by atoms with Crippen LogP contribution in [0.2, 0.25) is 0 Å². The fourth-order valence-electron chi connectivity index (χ4n) is 5.04. The van der Waals surface area contributed by atoms with E-state index in [-0.39, 0.29) is 5.82 Å². The zero-order valence-corrected chi connectivity index (χ0v) is 20.8. The van der Waals surface area contributed by atoms with Gasteiger partial charge < -0.3 is 9.64 Å². The first-order chi connectivity index (χ1) is 18.2. The third-order valence-electron chi connectivity index (χ3n) is 6.75. The number of fused-ring (bicyclic) bond motifs is 3. The summed E-state index contributed by atoms with van der Waals surface area (Å²) in [5, 5.41) is 3.19. The van der Waals surface area contributed by atoms with E-state index >= 15 is 0 Å². The highest BCUT2D eigenvalue weighted by molar-refractivity contribution is 7.13. The van der Waals surface area contributed by atoms with Crippen molar-refractivity contribution in [1.29, 1.82) is 0 Å². The van der Waals surface area contributed by atoms with E-state index in [0.29, 0.717) is 0 Å². The Kier molecular flexibility index (Phi) is 5.05. The van der Waals surface area contributed by atoms with Crippen LogP contribution in [0.3, 0.4) is 0 Å². The Balaban J connectivity index is 1.57. The predicted octanol–water partition coefficient (Wildman–Crippen LogP) is 9.65. The first-order valence-corrected chi connectivity index (χ1v) is 13.0. The number of hydrogen-bond donors (Lipinski definition) is 0. The summed E-state index contributed by atoms with van der Waals surface area (Å²) < 4.78 is 20.0. The number of anilines is 3. The molecular weight excluding hydrogens is 479 g/mol. The Hall–Kier alpha value is -4.48. The van der Waals surface area contributed by atoms with Gasteiger partial charge in [-0.3, -0.25) is 0 Å². The molecule has 3 heterocycles. The zero-order valence-electron chi connectivity index (χ0n) is 20.0. The number of aryl methyl sites for hydroxylation is 1. The van der Waals surface area contributed by atoms with Crippen LogP contribution in [0.15, 0.2) is 109 Å². The summed E-state index contributed by atoms with van der Waals surface area (Å²) in [5.74, 6) is 1.33. The summed E-state index contributed by atoms with van der Waals surface area (Å²) >= 11 is 1.70. The molecule has 0 saturated heterocycles. The summed E-state index contributed by atoms with van der Waals surface area (Å²) in [6.45, 7) is 2.13. The molecule has 1 aliphatic heterocycles. The fraction of sp³-hybridized carbons (Fsp3) is 0.0312. The molecule has 0 fully saturated rings. The van der Waals surface area contributed by atoms with Crippen LogP contribution in [0.25, 0.3) is 32.6 Å². The van der Waals surface area contributed by atoms with Gasteiger partial charge in [0, 0.05) is 21.4 Å². The van der Waals surface area contributed by atoms with E-state index in [9.17, 15) is 4.39 Å². The Morgan fingerprint density at radius 3 is 2.14 bits per heavy atom. The van der Waals surface area contributed by atoms with Crippen molar-refractivity contribution >= 4 is 39.3 Å². The molecule has 0 amide bonds. The monoisotopic (exact) mass is 500 g/mol. The maximum Gasteiger partial charge on any atom is 0.151 e. The molecule has 0 spiro atoms. The van der Waals surface area contributed by atoms with Crippen molar-refractivity contribution in [3.63, 3.8) is 0 Å². The van der Waals surface area contributed by atoms with E-state index < -0.39 is 0 Å². The van der Waals surface area contributed by atoms with Gasteiger partial charge in [-0.25, -0.2) is 9.37 Å². The number of ether oxygens (including phenoxy) is 1. The van der Waals surface area contributed by atoms with E-state index in [1.54, 1.807) is 23.5 Å². The summed E-state index contributed by atoms with van der Waals surface area (Å²) in [6, 6.07) is 33.3. The van der Waals surface area contributed by atoms with Crippen LogP contribution in [0.5, 0.6) is 11.5 Å². The quantitative estimate of drug-likeness (QED) is 0.241. The van der Waals surface area contributed by atoms with Crippen LogP contribution in [-0.4, -0.2) is 4.98 Å². The van der Waals surface area contributed by atoms with E-state index in [4.69, 9.17) is 9.72 Å². The second-order valence-corrected chi connectivity index (χ2v) is 9.99. The average Bonchev–Trinajstić information content (AvgIpc) is 3.47.